The molecule has 1 heteroatoms. The van der Waals surface area contributed by atoms with Crippen LogP contribution in [0.3, 0.4) is 0 Å². The van der Waals surface area contributed by atoms with Gasteiger partial charge >= 0.3 is 0 Å². The van der Waals surface area contributed by atoms with Crippen molar-refractivity contribution in [3.8, 4) is 6.07 Å². The first kappa shape index (κ1) is 19.2. The number of unbranched alkanes of at least 4 members (excludes halogenated alkanes) is 13. The molecule has 0 bridgehead atoms. The van der Waals surface area contributed by atoms with E-state index in [1.54, 1.807) is 0 Å². The Morgan fingerprint density at radius 2 is 1.10 bits per heavy atom. The third-order valence-corrected chi connectivity index (χ3v) is 3.81. The molecule has 0 saturated carbocycles. The molecule has 0 radical (unpaired) electrons. The molecular weight excluding hydrogens is 242 g/mol. The maximum absolute atomic E-state index is 8.40. The lowest BCUT2D eigenvalue weighted by Gasteiger charge is -2.02. The van der Waals surface area contributed by atoms with Crippen molar-refractivity contribution in [1.29, 1.82) is 5.26 Å². The second kappa shape index (κ2) is 18.2. The largest absolute Gasteiger partial charge is 0.198 e. The van der Waals surface area contributed by atoms with Crippen LogP contribution in [0.25, 0.3) is 0 Å². The first-order chi connectivity index (χ1) is 9.91. The van der Waals surface area contributed by atoms with Crippen LogP contribution in [0.15, 0.2) is 12.2 Å². The van der Waals surface area contributed by atoms with Gasteiger partial charge in [-0.25, -0.2) is 0 Å². The molecule has 0 atom stereocenters. The first-order valence-electron chi connectivity index (χ1n) is 8.93. The zero-order valence-corrected chi connectivity index (χ0v) is 13.7. The third-order valence-electron chi connectivity index (χ3n) is 3.81. The van der Waals surface area contributed by atoms with E-state index in [1.807, 2.05) is 0 Å². The highest BCUT2D eigenvalue weighted by atomic mass is 14.2. The molecule has 0 saturated heterocycles. The smallest absolute Gasteiger partial charge is 0.0624 e. The summed E-state index contributed by atoms with van der Waals surface area (Å²) in [5.74, 6) is 0. The Kier molecular flexibility index (Phi) is 17.5. The Balaban J connectivity index is 2.99. The van der Waals surface area contributed by atoms with Gasteiger partial charge in [-0.2, -0.15) is 5.26 Å². The predicted octanol–water partition coefficient (Wildman–Crippen LogP) is 6.94. The Bertz CT molecular complexity index is 237. The van der Waals surface area contributed by atoms with E-state index in [-0.39, 0.29) is 0 Å². The van der Waals surface area contributed by atoms with E-state index >= 15 is 0 Å². The highest BCUT2D eigenvalue weighted by Gasteiger charge is 1.92. The maximum Gasteiger partial charge on any atom is 0.0624 e. The van der Waals surface area contributed by atoms with Crippen molar-refractivity contribution < 1.29 is 0 Å². The topological polar surface area (TPSA) is 23.8 Å². The molecule has 0 spiro atoms. The number of nitrogens with zero attached hydrogens (tertiary/aromatic N) is 1. The minimum atomic E-state index is 0.662. The van der Waals surface area contributed by atoms with Crippen LogP contribution in [0.2, 0.25) is 0 Å². The molecule has 0 aliphatic rings. The van der Waals surface area contributed by atoms with Crippen molar-refractivity contribution in [3.63, 3.8) is 0 Å². The van der Waals surface area contributed by atoms with Gasteiger partial charge in [0.1, 0.15) is 0 Å². The van der Waals surface area contributed by atoms with Gasteiger partial charge in [0.2, 0.25) is 0 Å². The lowest BCUT2D eigenvalue weighted by atomic mass is 10.0. The average molecular weight is 277 g/mol. The van der Waals surface area contributed by atoms with E-state index in [4.69, 9.17) is 5.26 Å². The quantitative estimate of drug-likeness (QED) is 0.235. The lowest BCUT2D eigenvalue weighted by molar-refractivity contribution is 0.545. The van der Waals surface area contributed by atoms with Gasteiger partial charge in [-0.3, -0.25) is 0 Å². The van der Waals surface area contributed by atoms with Crippen LogP contribution in [0.1, 0.15) is 103 Å². The summed E-state index contributed by atoms with van der Waals surface area (Å²) >= 11 is 0. The molecular formula is C19H35N. The molecule has 0 aliphatic carbocycles. The normalized spacial score (nSPS) is 11.0. The number of hydrogen-bond acceptors (Lipinski definition) is 1. The summed E-state index contributed by atoms with van der Waals surface area (Å²) in [4.78, 5) is 0. The third kappa shape index (κ3) is 17.2. The van der Waals surface area contributed by atoms with Crippen LogP contribution in [0, 0.1) is 11.3 Å². The molecule has 20 heavy (non-hydrogen) atoms. The molecule has 0 aromatic rings. The SMILES string of the molecule is CCCCCCCCCCCCCCC=CCCC#N. The fourth-order valence-corrected chi connectivity index (χ4v) is 2.49. The van der Waals surface area contributed by atoms with E-state index in [1.165, 1.54) is 83.5 Å². The van der Waals surface area contributed by atoms with E-state index in [9.17, 15) is 0 Å². The second-order valence-electron chi connectivity index (χ2n) is 5.85. The molecule has 0 aromatic carbocycles. The molecule has 1 nitrogen and oxygen atoms in total. The monoisotopic (exact) mass is 277 g/mol. The van der Waals surface area contributed by atoms with E-state index < -0.39 is 0 Å². The van der Waals surface area contributed by atoms with Crippen molar-refractivity contribution in [1.82, 2.24) is 0 Å². The summed E-state index contributed by atoms with van der Waals surface area (Å²) in [6.07, 6.45) is 24.2. The van der Waals surface area contributed by atoms with Crippen LogP contribution >= 0.6 is 0 Å². The van der Waals surface area contributed by atoms with Crippen LogP contribution < -0.4 is 0 Å². The number of allylic oxidation sites excluding steroid dienone is 2. The summed E-state index contributed by atoms with van der Waals surface area (Å²) in [5, 5.41) is 8.40. The van der Waals surface area contributed by atoms with Gasteiger partial charge in [0, 0.05) is 6.42 Å². The van der Waals surface area contributed by atoms with Gasteiger partial charge in [-0.1, -0.05) is 89.7 Å². The Morgan fingerprint density at radius 1 is 0.650 bits per heavy atom. The first-order valence-corrected chi connectivity index (χ1v) is 8.93. The maximum atomic E-state index is 8.40. The Hall–Kier alpha value is -0.770. The van der Waals surface area contributed by atoms with Crippen molar-refractivity contribution in [3.05, 3.63) is 12.2 Å². The van der Waals surface area contributed by atoms with Crippen molar-refractivity contribution in [2.24, 2.45) is 0 Å². The number of rotatable bonds is 15. The predicted molar refractivity (Wildman–Crippen MR) is 89.7 cm³/mol. The number of nitriles is 1. The van der Waals surface area contributed by atoms with E-state index in [0.717, 1.165) is 6.42 Å². The van der Waals surface area contributed by atoms with Gasteiger partial charge in [-0.05, 0) is 19.3 Å². The summed E-state index contributed by atoms with van der Waals surface area (Å²) in [6.45, 7) is 2.28. The van der Waals surface area contributed by atoms with Gasteiger partial charge in [0.15, 0.2) is 0 Å². The van der Waals surface area contributed by atoms with Crippen LogP contribution in [0.5, 0.6) is 0 Å². The highest BCUT2D eigenvalue weighted by Crippen LogP contribution is 2.12. The van der Waals surface area contributed by atoms with Gasteiger partial charge in [-0.15, -0.1) is 0 Å². The van der Waals surface area contributed by atoms with Crippen LogP contribution in [0.4, 0.5) is 0 Å². The minimum absolute atomic E-state index is 0.662. The second-order valence-corrected chi connectivity index (χ2v) is 5.85. The molecule has 0 rings (SSSR count). The molecule has 0 fully saturated rings. The van der Waals surface area contributed by atoms with Gasteiger partial charge in [0.25, 0.3) is 0 Å². The standard InChI is InChI=1S/C19H35N/c1-2-3-4-5-6-7-8-9-10-11-12-13-14-15-16-17-18-19-20/h15-16H,2-14,17-18H2,1H3. The summed E-state index contributed by atoms with van der Waals surface area (Å²) in [7, 11) is 0. The fraction of sp³-hybridized carbons (Fsp3) is 0.842. The molecule has 0 N–H and O–H groups in total. The summed E-state index contributed by atoms with van der Waals surface area (Å²) < 4.78 is 0. The highest BCUT2D eigenvalue weighted by molar-refractivity contribution is 4.85. The zero-order valence-electron chi connectivity index (χ0n) is 13.7. The molecule has 0 heterocycles. The molecule has 0 aliphatic heterocycles. The molecule has 0 unspecified atom stereocenters. The van der Waals surface area contributed by atoms with Crippen LogP contribution in [-0.4, -0.2) is 0 Å². The minimum Gasteiger partial charge on any atom is -0.198 e. The van der Waals surface area contributed by atoms with Crippen molar-refractivity contribution in [2.75, 3.05) is 0 Å². The van der Waals surface area contributed by atoms with E-state index in [2.05, 4.69) is 25.1 Å². The summed E-state index contributed by atoms with van der Waals surface area (Å²) in [6, 6.07) is 2.17. The van der Waals surface area contributed by atoms with Gasteiger partial charge < -0.3 is 0 Å². The average Bonchev–Trinajstić information content (AvgIpc) is 2.47. The molecule has 116 valence electrons. The van der Waals surface area contributed by atoms with Crippen molar-refractivity contribution >= 4 is 0 Å². The number of hydrogen-bond donors (Lipinski definition) is 0. The lowest BCUT2D eigenvalue weighted by Crippen LogP contribution is -1.82. The van der Waals surface area contributed by atoms with Crippen LogP contribution in [-0.2, 0) is 0 Å². The van der Waals surface area contributed by atoms with Crippen molar-refractivity contribution in [2.45, 2.75) is 103 Å². The zero-order chi connectivity index (χ0) is 14.7. The Morgan fingerprint density at radius 3 is 1.60 bits per heavy atom. The van der Waals surface area contributed by atoms with E-state index in [0.29, 0.717) is 6.42 Å². The summed E-state index contributed by atoms with van der Waals surface area (Å²) in [5.41, 5.74) is 0. The fourth-order valence-electron chi connectivity index (χ4n) is 2.49. The molecule has 0 amide bonds. The molecule has 0 aromatic heterocycles. The van der Waals surface area contributed by atoms with Gasteiger partial charge in [0.05, 0.1) is 6.07 Å². The Labute approximate surface area is 127 Å².